The summed E-state index contributed by atoms with van der Waals surface area (Å²) >= 11 is 0. The molecule has 0 spiro atoms. The fourth-order valence-corrected chi connectivity index (χ4v) is 3.68. The van der Waals surface area contributed by atoms with Crippen LogP contribution in [0.15, 0.2) is 35.3 Å². The van der Waals surface area contributed by atoms with Gasteiger partial charge in [0.25, 0.3) is 0 Å². The number of nitrogens with two attached hydrogens (primary N) is 1. The van der Waals surface area contributed by atoms with E-state index in [4.69, 9.17) is 15.2 Å². The molecule has 0 radical (unpaired) electrons. The number of rotatable bonds is 6. The Kier molecular flexibility index (Phi) is 8.58. The van der Waals surface area contributed by atoms with Gasteiger partial charge in [-0.25, -0.2) is 0 Å². The third-order valence-electron chi connectivity index (χ3n) is 4.99. The SMILES string of the molecule is COc1cc2c(cc1OC)CN(CCN=C(N)Nc1cc(C)cc(C)c1)CC2.I. The number of aliphatic imine (C=N–C) groups is 1. The Morgan fingerprint density at radius 1 is 1.03 bits per heavy atom. The minimum absolute atomic E-state index is 0. The Morgan fingerprint density at radius 2 is 1.66 bits per heavy atom. The van der Waals surface area contributed by atoms with Crippen LogP contribution in [0.5, 0.6) is 11.5 Å². The molecule has 29 heavy (non-hydrogen) atoms. The molecular formula is C22H31IN4O2. The Bertz CT molecular complexity index is 850. The van der Waals surface area contributed by atoms with Gasteiger partial charge in [0.2, 0.25) is 0 Å². The van der Waals surface area contributed by atoms with E-state index in [9.17, 15) is 0 Å². The van der Waals surface area contributed by atoms with Crippen molar-refractivity contribution >= 4 is 35.6 Å². The maximum Gasteiger partial charge on any atom is 0.193 e. The van der Waals surface area contributed by atoms with Crippen molar-refractivity contribution in [3.8, 4) is 11.5 Å². The zero-order valence-electron chi connectivity index (χ0n) is 17.6. The second kappa shape index (κ2) is 10.7. The van der Waals surface area contributed by atoms with Crippen molar-refractivity contribution in [2.45, 2.75) is 26.8 Å². The summed E-state index contributed by atoms with van der Waals surface area (Å²) in [6.45, 7) is 7.56. The molecule has 1 aliphatic heterocycles. The van der Waals surface area contributed by atoms with Crippen LogP contribution in [0.25, 0.3) is 0 Å². The van der Waals surface area contributed by atoms with Gasteiger partial charge in [0.1, 0.15) is 0 Å². The van der Waals surface area contributed by atoms with E-state index in [0.29, 0.717) is 12.5 Å². The summed E-state index contributed by atoms with van der Waals surface area (Å²) < 4.78 is 10.8. The maximum absolute atomic E-state index is 6.06. The van der Waals surface area contributed by atoms with Gasteiger partial charge in [0.15, 0.2) is 17.5 Å². The first kappa shape index (κ1) is 23.3. The molecule has 6 nitrogen and oxygen atoms in total. The number of hydrogen-bond donors (Lipinski definition) is 2. The monoisotopic (exact) mass is 510 g/mol. The Balaban J connectivity index is 0.00000300. The molecule has 0 saturated heterocycles. The summed E-state index contributed by atoms with van der Waals surface area (Å²) in [6.07, 6.45) is 0.996. The summed E-state index contributed by atoms with van der Waals surface area (Å²) in [4.78, 5) is 6.88. The highest BCUT2D eigenvalue weighted by atomic mass is 127. The van der Waals surface area contributed by atoms with Crippen LogP contribution in [-0.2, 0) is 13.0 Å². The number of halogens is 1. The predicted molar refractivity (Wildman–Crippen MR) is 130 cm³/mol. The fourth-order valence-electron chi connectivity index (χ4n) is 3.68. The predicted octanol–water partition coefficient (Wildman–Crippen LogP) is 3.72. The number of ether oxygens (including phenoxy) is 2. The highest BCUT2D eigenvalue weighted by Crippen LogP contribution is 2.33. The van der Waals surface area contributed by atoms with Crippen molar-refractivity contribution in [2.24, 2.45) is 10.7 Å². The molecule has 2 aromatic rings. The zero-order valence-corrected chi connectivity index (χ0v) is 19.9. The van der Waals surface area contributed by atoms with Gasteiger partial charge in [-0.15, -0.1) is 24.0 Å². The Morgan fingerprint density at radius 3 is 2.28 bits per heavy atom. The van der Waals surface area contributed by atoms with Gasteiger partial charge in [-0.3, -0.25) is 9.89 Å². The minimum atomic E-state index is 0. The van der Waals surface area contributed by atoms with Crippen LogP contribution in [0.3, 0.4) is 0 Å². The molecule has 3 N–H and O–H groups in total. The van der Waals surface area contributed by atoms with Gasteiger partial charge in [-0.1, -0.05) is 6.07 Å². The second-order valence-electron chi connectivity index (χ2n) is 7.27. The number of aryl methyl sites for hydroxylation is 2. The smallest absolute Gasteiger partial charge is 0.193 e. The summed E-state index contributed by atoms with van der Waals surface area (Å²) in [7, 11) is 3.35. The maximum atomic E-state index is 6.06. The van der Waals surface area contributed by atoms with E-state index in [1.165, 1.54) is 22.3 Å². The molecule has 158 valence electrons. The molecule has 0 bridgehead atoms. The number of methoxy groups -OCH3 is 2. The number of anilines is 1. The molecule has 0 atom stereocenters. The van der Waals surface area contributed by atoms with Gasteiger partial charge in [0.05, 0.1) is 20.8 Å². The lowest BCUT2D eigenvalue weighted by atomic mass is 9.99. The summed E-state index contributed by atoms with van der Waals surface area (Å²) in [5, 5.41) is 3.18. The molecule has 0 amide bonds. The third-order valence-corrected chi connectivity index (χ3v) is 4.99. The molecule has 1 heterocycles. The van der Waals surface area contributed by atoms with Crippen LogP contribution in [-0.4, -0.2) is 44.7 Å². The van der Waals surface area contributed by atoms with Crippen LogP contribution in [0.1, 0.15) is 22.3 Å². The van der Waals surface area contributed by atoms with E-state index in [1.807, 2.05) is 0 Å². The number of hydrogen-bond acceptors (Lipinski definition) is 4. The molecule has 3 rings (SSSR count). The molecule has 0 aromatic heterocycles. The van der Waals surface area contributed by atoms with E-state index in [-0.39, 0.29) is 24.0 Å². The van der Waals surface area contributed by atoms with E-state index in [1.54, 1.807) is 14.2 Å². The number of fused-ring (bicyclic) bond motifs is 1. The van der Waals surface area contributed by atoms with Gasteiger partial charge in [-0.05, 0) is 66.8 Å². The van der Waals surface area contributed by atoms with Crippen LogP contribution >= 0.6 is 24.0 Å². The lowest BCUT2D eigenvalue weighted by Crippen LogP contribution is -2.33. The number of benzene rings is 2. The topological polar surface area (TPSA) is 72.1 Å². The minimum Gasteiger partial charge on any atom is -0.493 e. The van der Waals surface area contributed by atoms with Crippen LogP contribution < -0.4 is 20.5 Å². The summed E-state index contributed by atoms with van der Waals surface area (Å²) in [5.74, 6) is 2.03. The van der Waals surface area contributed by atoms with Crippen LogP contribution in [0.2, 0.25) is 0 Å². The summed E-state index contributed by atoms with van der Waals surface area (Å²) in [6, 6.07) is 10.4. The third kappa shape index (κ3) is 6.24. The van der Waals surface area contributed by atoms with Gasteiger partial charge in [0, 0.05) is 25.3 Å². The van der Waals surface area contributed by atoms with Crippen molar-refractivity contribution in [1.82, 2.24) is 4.90 Å². The molecule has 1 aliphatic rings. The molecule has 0 aliphatic carbocycles. The lowest BCUT2D eigenvalue weighted by molar-refractivity contribution is 0.260. The number of guanidine groups is 1. The largest absolute Gasteiger partial charge is 0.493 e. The van der Waals surface area contributed by atoms with E-state index >= 15 is 0 Å². The van der Waals surface area contributed by atoms with Crippen molar-refractivity contribution in [1.29, 1.82) is 0 Å². The summed E-state index contributed by atoms with van der Waals surface area (Å²) in [5.41, 5.74) is 12.1. The standard InChI is InChI=1S/C22H30N4O2.HI/c1-15-9-16(2)11-19(10-15)25-22(23)24-6-8-26-7-5-17-12-20(27-3)21(28-4)13-18(17)14-26;/h9-13H,5-8,14H2,1-4H3,(H3,23,24,25);1H. The Hall–Kier alpha value is -2.00. The lowest BCUT2D eigenvalue weighted by Gasteiger charge is -2.29. The first-order valence-electron chi connectivity index (χ1n) is 9.60. The molecule has 0 unspecified atom stereocenters. The Labute approximate surface area is 190 Å². The van der Waals surface area contributed by atoms with Crippen LogP contribution in [0.4, 0.5) is 5.69 Å². The number of nitrogens with zero attached hydrogens (tertiary/aromatic N) is 2. The highest BCUT2D eigenvalue weighted by molar-refractivity contribution is 14.0. The van der Waals surface area contributed by atoms with Gasteiger partial charge < -0.3 is 20.5 Å². The van der Waals surface area contributed by atoms with E-state index in [0.717, 1.165) is 43.2 Å². The first-order valence-corrected chi connectivity index (χ1v) is 9.60. The normalized spacial score (nSPS) is 14.0. The van der Waals surface area contributed by atoms with E-state index < -0.39 is 0 Å². The zero-order chi connectivity index (χ0) is 20.1. The highest BCUT2D eigenvalue weighted by Gasteiger charge is 2.19. The quantitative estimate of drug-likeness (QED) is 0.352. The molecule has 0 fully saturated rings. The van der Waals surface area contributed by atoms with Crippen LogP contribution in [0, 0.1) is 13.8 Å². The van der Waals surface area contributed by atoms with Gasteiger partial charge >= 0.3 is 0 Å². The molecule has 7 heteroatoms. The average Bonchev–Trinajstić information content (AvgIpc) is 2.65. The molecule has 0 saturated carbocycles. The van der Waals surface area contributed by atoms with Crippen molar-refractivity contribution in [3.63, 3.8) is 0 Å². The van der Waals surface area contributed by atoms with E-state index in [2.05, 4.69) is 59.4 Å². The van der Waals surface area contributed by atoms with Gasteiger partial charge in [-0.2, -0.15) is 0 Å². The number of nitrogens with one attached hydrogen (secondary N) is 1. The van der Waals surface area contributed by atoms with Crippen molar-refractivity contribution in [3.05, 3.63) is 52.6 Å². The molecular weight excluding hydrogens is 479 g/mol. The first-order chi connectivity index (χ1) is 13.5. The van der Waals surface area contributed by atoms with Crippen molar-refractivity contribution in [2.75, 3.05) is 39.2 Å². The van der Waals surface area contributed by atoms with Crippen molar-refractivity contribution < 1.29 is 9.47 Å². The second-order valence-corrected chi connectivity index (χ2v) is 7.27. The average molecular weight is 510 g/mol. The molecule has 2 aromatic carbocycles. The fraction of sp³-hybridized carbons (Fsp3) is 0.409.